The molecule has 0 bridgehead atoms. The molecule has 0 spiro atoms. The number of rotatable bonds is 15. The summed E-state index contributed by atoms with van der Waals surface area (Å²) in [5.41, 5.74) is 5.27. The van der Waals surface area contributed by atoms with Crippen molar-refractivity contribution in [2.75, 3.05) is 65.6 Å². The van der Waals surface area contributed by atoms with Crippen LogP contribution in [0.3, 0.4) is 0 Å². The van der Waals surface area contributed by atoms with Crippen molar-refractivity contribution in [2.45, 2.75) is 13.8 Å². The van der Waals surface area contributed by atoms with Crippen LogP contribution < -0.4 is 5.73 Å². The minimum atomic E-state index is -2.99. The lowest BCUT2D eigenvalue weighted by Gasteiger charge is -2.16. The SMILES string of the molecule is CCOP(=O)(CCOCCOCCOCCN)OCC. The third-order valence-electron chi connectivity index (χ3n) is 2.17. The molecule has 0 saturated heterocycles. The van der Waals surface area contributed by atoms with Crippen molar-refractivity contribution in [3.05, 3.63) is 0 Å². The summed E-state index contributed by atoms with van der Waals surface area (Å²) in [5, 5.41) is 0. The zero-order chi connectivity index (χ0) is 15.1. The van der Waals surface area contributed by atoms with Crippen LogP contribution in [-0.4, -0.2) is 65.6 Å². The van der Waals surface area contributed by atoms with Crippen molar-refractivity contribution in [2.24, 2.45) is 5.73 Å². The molecule has 0 aromatic heterocycles. The minimum Gasteiger partial charge on any atom is -0.378 e. The van der Waals surface area contributed by atoms with Gasteiger partial charge in [-0.05, 0) is 13.8 Å². The molecule has 0 saturated carbocycles. The Hall–Kier alpha value is -0.0100. The number of hydrogen-bond donors (Lipinski definition) is 1. The van der Waals surface area contributed by atoms with Gasteiger partial charge in [-0.25, -0.2) is 0 Å². The Balaban J connectivity index is 3.43. The van der Waals surface area contributed by atoms with Gasteiger partial charge >= 0.3 is 7.60 Å². The van der Waals surface area contributed by atoms with Gasteiger partial charge in [-0.15, -0.1) is 0 Å². The van der Waals surface area contributed by atoms with Gasteiger partial charge in [-0.2, -0.15) is 0 Å². The second-order valence-corrected chi connectivity index (χ2v) is 5.98. The third kappa shape index (κ3) is 11.8. The van der Waals surface area contributed by atoms with E-state index in [0.717, 1.165) is 0 Å². The van der Waals surface area contributed by atoms with Crippen LogP contribution in [0.1, 0.15) is 13.8 Å². The molecule has 0 rings (SSSR count). The molecule has 0 radical (unpaired) electrons. The molecule has 0 aliphatic rings. The Morgan fingerprint density at radius 3 is 1.70 bits per heavy atom. The van der Waals surface area contributed by atoms with Crippen LogP contribution in [0, 0.1) is 0 Å². The van der Waals surface area contributed by atoms with Crippen molar-refractivity contribution in [1.29, 1.82) is 0 Å². The lowest BCUT2D eigenvalue weighted by Crippen LogP contribution is -2.14. The van der Waals surface area contributed by atoms with Crippen LogP contribution in [0.2, 0.25) is 0 Å². The molecule has 0 aromatic carbocycles. The van der Waals surface area contributed by atoms with Gasteiger partial charge in [0.1, 0.15) is 0 Å². The molecule has 0 heterocycles. The lowest BCUT2D eigenvalue weighted by molar-refractivity contribution is 0.0181. The first-order valence-corrected chi connectivity index (χ1v) is 8.72. The van der Waals surface area contributed by atoms with Crippen LogP contribution in [0.25, 0.3) is 0 Å². The number of hydrogen-bond acceptors (Lipinski definition) is 7. The largest absolute Gasteiger partial charge is 0.378 e. The zero-order valence-electron chi connectivity index (χ0n) is 12.5. The van der Waals surface area contributed by atoms with Crippen molar-refractivity contribution >= 4 is 7.60 Å². The molecule has 0 unspecified atom stereocenters. The van der Waals surface area contributed by atoms with Gasteiger partial charge in [0.15, 0.2) is 0 Å². The summed E-state index contributed by atoms with van der Waals surface area (Å²) in [6.07, 6.45) is 0.258. The molecule has 0 aliphatic carbocycles. The van der Waals surface area contributed by atoms with Gasteiger partial charge in [0.05, 0.1) is 59.0 Å². The normalized spacial score (nSPS) is 11.9. The molecule has 0 amide bonds. The second-order valence-electron chi connectivity index (χ2n) is 3.80. The number of ether oxygens (including phenoxy) is 3. The Morgan fingerprint density at radius 1 is 0.800 bits per heavy atom. The molecule has 20 heavy (non-hydrogen) atoms. The highest BCUT2D eigenvalue weighted by atomic mass is 31.2. The van der Waals surface area contributed by atoms with Crippen LogP contribution in [0.4, 0.5) is 0 Å². The summed E-state index contributed by atoms with van der Waals surface area (Å²) < 4.78 is 38.1. The van der Waals surface area contributed by atoms with Gasteiger partial charge in [0, 0.05) is 6.54 Å². The first kappa shape index (κ1) is 20.0. The van der Waals surface area contributed by atoms with Crippen LogP contribution in [0.5, 0.6) is 0 Å². The molecule has 7 nitrogen and oxygen atoms in total. The fourth-order valence-electron chi connectivity index (χ4n) is 1.36. The Kier molecular flexibility index (Phi) is 13.9. The maximum Gasteiger partial charge on any atom is 0.332 e. The third-order valence-corrected chi connectivity index (χ3v) is 4.20. The monoisotopic (exact) mass is 313 g/mol. The number of nitrogens with two attached hydrogens (primary N) is 1. The maximum absolute atomic E-state index is 12.1. The summed E-state index contributed by atoms with van der Waals surface area (Å²) in [4.78, 5) is 0. The molecule has 0 aliphatic heterocycles. The predicted molar refractivity (Wildman–Crippen MR) is 77.2 cm³/mol. The average Bonchev–Trinajstić information content (AvgIpc) is 2.41. The molecule has 0 aromatic rings. The van der Waals surface area contributed by atoms with Crippen LogP contribution in [-0.2, 0) is 27.8 Å². The predicted octanol–water partition coefficient (Wildman–Crippen LogP) is 1.26. The first-order chi connectivity index (χ1) is 9.68. The average molecular weight is 313 g/mol. The highest BCUT2D eigenvalue weighted by Crippen LogP contribution is 2.47. The van der Waals surface area contributed by atoms with E-state index in [1.165, 1.54) is 0 Å². The van der Waals surface area contributed by atoms with Gasteiger partial charge in [-0.1, -0.05) is 0 Å². The Morgan fingerprint density at radius 2 is 1.25 bits per heavy atom. The highest BCUT2D eigenvalue weighted by Gasteiger charge is 2.22. The molecule has 122 valence electrons. The van der Waals surface area contributed by atoms with E-state index in [-0.39, 0.29) is 6.16 Å². The van der Waals surface area contributed by atoms with Crippen molar-refractivity contribution in [3.63, 3.8) is 0 Å². The Labute approximate surface area is 121 Å². The summed E-state index contributed by atoms with van der Waals surface area (Å²) in [6.45, 7) is 7.64. The minimum absolute atomic E-state index is 0.258. The van der Waals surface area contributed by atoms with E-state index in [0.29, 0.717) is 59.4 Å². The van der Waals surface area contributed by atoms with Crippen molar-refractivity contribution < 1.29 is 27.8 Å². The summed E-state index contributed by atoms with van der Waals surface area (Å²) in [7, 11) is -2.99. The Bertz CT molecular complexity index is 244. The van der Waals surface area contributed by atoms with Crippen LogP contribution >= 0.6 is 7.60 Å². The topological polar surface area (TPSA) is 89.2 Å². The maximum atomic E-state index is 12.1. The first-order valence-electron chi connectivity index (χ1n) is 7.00. The molecule has 8 heteroatoms. The lowest BCUT2D eigenvalue weighted by atomic mass is 10.7. The van der Waals surface area contributed by atoms with Crippen molar-refractivity contribution in [1.82, 2.24) is 0 Å². The van der Waals surface area contributed by atoms with Gasteiger partial charge in [0.2, 0.25) is 0 Å². The van der Waals surface area contributed by atoms with Gasteiger partial charge in [-0.3, -0.25) is 4.57 Å². The highest BCUT2D eigenvalue weighted by molar-refractivity contribution is 7.53. The quantitative estimate of drug-likeness (QED) is 0.359. The van der Waals surface area contributed by atoms with Gasteiger partial charge < -0.3 is 29.0 Å². The standard InChI is InChI=1S/C12H28NO6P/c1-3-18-20(14,19-4-2)12-11-17-10-9-16-8-7-15-6-5-13/h3-13H2,1-2H3. The fourth-order valence-corrected chi connectivity index (χ4v) is 2.83. The van der Waals surface area contributed by atoms with E-state index < -0.39 is 7.60 Å². The second kappa shape index (κ2) is 13.9. The molecule has 0 atom stereocenters. The fraction of sp³-hybridized carbons (Fsp3) is 1.00. The molecule has 2 N–H and O–H groups in total. The van der Waals surface area contributed by atoms with E-state index >= 15 is 0 Å². The van der Waals surface area contributed by atoms with Gasteiger partial charge in [0.25, 0.3) is 0 Å². The van der Waals surface area contributed by atoms with E-state index in [1.54, 1.807) is 13.8 Å². The summed E-state index contributed by atoms with van der Waals surface area (Å²) in [6, 6.07) is 0. The van der Waals surface area contributed by atoms with E-state index in [1.807, 2.05) is 0 Å². The smallest absolute Gasteiger partial charge is 0.332 e. The zero-order valence-corrected chi connectivity index (χ0v) is 13.4. The van der Waals surface area contributed by atoms with E-state index in [4.69, 9.17) is 29.0 Å². The molecular formula is C12H28NO6P. The van der Waals surface area contributed by atoms with E-state index in [2.05, 4.69) is 0 Å². The van der Waals surface area contributed by atoms with Crippen LogP contribution in [0.15, 0.2) is 0 Å². The van der Waals surface area contributed by atoms with Crippen molar-refractivity contribution in [3.8, 4) is 0 Å². The molecule has 0 fully saturated rings. The van der Waals surface area contributed by atoms with E-state index in [9.17, 15) is 4.57 Å². The summed E-state index contributed by atoms with van der Waals surface area (Å²) in [5.74, 6) is 0. The molecular weight excluding hydrogens is 285 g/mol. The summed E-state index contributed by atoms with van der Waals surface area (Å²) >= 11 is 0.